The number of aliphatic carboxylic acids is 1. The highest BCUT2D eigenvalue weighted by molar-refractivity contribution is 7.91. The number of carboxylic acid groups (broad SMARTS) is 1. The van der Waals surface area contributed by atoms with Crippen LogP contribution in [0.1, 0.15) is 39.0 Å². The van der Waals surface area contributed by atoms with E-state index in [1.54, 1.807) is 0 Å². The van der Waals surface area contributed by atoms with Crippen LogP contribution in [0.4, 0.5) is 0 Å². The van der Waals surface area contributed by atoms with Gasteiger partial charge in [-0.05, 0) is 19.3 Å². The molecule has 7 heteroatoms. The van der Waals surface area contributed by atoms with Crippen molar-refractivity contribution >= 4 is 21.7 Å². The van der Waals surface area contributed by atoms with Gasteiger partial charge >= 0.3 is 5.97 Å². The van der Waals surface area contributed by atoms with Crippen molar-refractivity contribution in [2.75, 3.05) is 18.1 Å². The summed E-state index contributed by atoms with van der Waals surface area (Å²) in [6.45, 7) is 1.45. The van der Waals surface area contributed by atoms with Crippen LogP contribution in [0.2, 0.25) is 0 Å². The van der Waals surface area contributed by atoms with Crippen molar-refractivity contribution in [1.82, 2.24) is 4.90 Å². The summed E-state index contributed by atoms with van der Waals surface area (Å²) in [4.78, 5) is 25.0. The van der Waals surface area contributed by atoms with E-state index in [0.717, 1.165) is 25.7 Å². The van der Waals surface area contributed by atoms with Gasteiger partial charge < -0.3 is 10.0 Å². The van der Waals surface area contributed by atoms with Gasteiger partial charge in [0.1, 0.15) is 6.54 Å². The third kappa shape index (κ3) is 3.13. The lowest BCUT2D eigenvalue weighted by molar-refractivity contribution is -0.151. The zero-order chi connectivity index (χ0) is 15.0. The van der Waals surface area contributed by atoms with Gasteiger partial charge in [0.25, 0.3) is 0 Å². The van der Waals surface area contributed by atoms with Gasteiger partial charge in [0, 0.05) is 11.5 Å². The average molecular weight is 303 g/mol. The van der Waals surface area contributed by atoms with Gasteiger partial charge in [-0.2, -0.15) is 0 Å². The molecule has 2 aliphatic rings. The first-order valence-corrected chi connectivity index (χ1v) is 8.79. The summed E-state index contributed by atoms with van der Waals surface area (Å²) in [5.74, 6) is -1.36. The van der Waals surface area contributed by atoms with Crippen molar-refractivity contribution in [2.45, 2.75) is 45.1 Å². The fraction of sp³-hybridized carbons (Fsp3) is 0.846. The Morgan fingerprint density at radius 2 is 1.90 bits per heavy atom. The molecule has 0 aromatic rings. The van der Waals surface area contributed by atoms with Crippen LogP contribution in [-0.2, 0) is 19.4 Å². The maximum absolute atomic E-state index is 12.7. The van der Waals surface area contributed by atoms with Crippen molar-refractivity contribution in [3.63, 3.8) is 0 Å². The van der Waals surface area contributed by atoms with E-state index in [4.69, 9.17) is 5.11 Å². The Labute approximate surface area is 119 Å². The summed E-state index contributed by atoms with van der Waals surface area (Å²) >= 11 is 0. The van der Waals surface area contributed by atoms with Crippen LogP contribution in [0.5, 0.6) is 0 Å². The molecule has 1 saturated carbocycles. The lowest BCUT2D eigenvalue weighted by atomic mass is 9.86. The van der Waals surface area contributed by atoms with E-state index in [1.165, 1.54) is 4.90 Å². The fourth-order valence-corrected chi connectivity index (χ4v) is 4.98. The Hall–Kier alpha value is -1.11. The first-order chi connectivity index (χ1) is 9.23. The molecule has 1 N–H and O–H groups in total. The number of carboxylic acids is 1. The van der Waals surface area contributed by atoms with E-state index in [0.29, 0.717) is 6.42 Å². The van der Waals surface area contributed by atoms with Crippen LogP contribution in [0.25, 0.3) is 0 Å². The van der Waals surface area contributed by atoms with Crippen molar-refractivity contribution in [3.05, 3.63) is 0 Å². The molecule has 6 nitrogen and oxygen atoms in total. The number of nitrogens with zero attached hydrogens (tertiary/aromatic N) is 1. The summed E-state index contributed by atoms with van der Waals surface area (Å²) in [5.41, 5.74) is -0.526. The van der Waals surface area contributed by atoms with Crippen molar-refractivity contribution in [1.29, 1.82) is 0 Å². The molecule has 1 aliphatic carbocycles. The van der Waals surface area contributed by atoms with Crippen LogP contribution in [0, 0.1) is 5.41 Å². The number of hydrogen-bond donors (Lipinski definition) is 1. The molecule has 1 heterocycles. The molecule has 0 radical (unpaired) electrons. The van der Waals surface area contributed by atoms with E-state index in [1.807, 2.05) is 6.92 Å². The molecule has 1 saturated heterocycles. The summed E-state index contributed by atoms with van der Waals surface area (Å²) in [7, 11) is -3.14. The number of sulfone groups is 1. The Morgan fingerprint density at radius 1 is 1.30 bits per heavy atom. The second-order valence-electron chi connectivity index (χ2n) is 6.15. The Balaban J connectivity index is 2.19. The molecular weight excluding hydrogens is 282 g/mol. The largest absolute Gasteiger partial charge is 0.480 e. The average Bonchev–Trinajstić information content (AvgIpc) is 2.92. The molecular formula is C13H21NO5S. The zero-order valence-corrected chi connectivity index (χ0v) is 12.5. The molecule has 1 aliphatic heterocycles. The smallest absolute Gasteiger partial charge is 0.323 e. The predicted molar refractivity (Wildman–Crippen MR) is 73.0 cm³/mol. The molecule has 2 fully saturated rings. The van der Waals surface area contributed by atoms with E-state index >= 15 is 0 Å². The van der Waals surface area contributed by atoms with Gasteiger partial charge in [0.05, 0.1) is 11.5 Å². The normalized spacial score (nSPS) is 27.4. The van der Waals surface area contributed by atoms with Crippen molar-refractivity contribution < 1.29 is 23.1 Å². The minimum atomic E-state index is -3.14. The molecule has 2 rings (SSSR count). The third-order valence-electron chi connectivity index (χ3n) is 4.44. The van der Waals surface area contributed by atoms with Crippen LogP contribution in [0.15, 0.2) is 0 Å². The maximum Gasteiger partial charge on any atom is 0.323 e. The molecule has 0 spiro atoms. The summed E-state index contributed by atoms with van der Waals surface area (Å²) in [6, 6.07) is -0.485. The summed E-state index contributed by atoms with van der Waals surface area (Å²) in [5, 5.41) is 9.01. The molecule has 0 aromatic heterocycles. The predicted octanol–water partition coefficient (Wildman–Crippen LogP) is 0.667. The fourth-order valence-electron chi connectivity index (χ4n) is 3.25. The van der Waals surface area contributed by atoms with Crippen LogP contribution < -0.4 is 0 Å². The van der Waals surface area contributed by atoms with Crippen molar-refractivity contribution in [3.8, 4) is 0 Å². The van der Waals surface area contributed by atoms with Crippen LogP contribution in [-0.4, -0.2) is 54.4 Å². The van der Waals surface area contributed by atoms with E-state index < -0.39 is 33.8 Å². The number of carbonyl (C=O) groups is 2. The summed E-state index contributed by atoms with van der Waals surface area (Å²) in [6.07, 6.45) is 3.78. The number of carbonyl (C=O) groups excluding carboxylic acids is 1. The SMILES string of the molecule is CC1(C(=O)N(CC(=O)O)C2CCS(=O)(=O)C2)CCCC1. The zero-order valence-electron chi connectivity index (χ0n) is 11.7. The Morgan fingerprint density at radius 3 is 2.35 bits per heavy atom. The standard InChI is InChI=1S/C13H21NO5S/c1-13(5-2-3-6-13)12(17)14(8-11(15)16)10-4-7-20(18,19)9-10/h10H,2-9H2,1H3,(H,15,16). The molecule has 114 valence electrons. The monoisotopic (exact) mass is 303 g/mol. The van der Waals surface area contributed by atoms with E-state index in [-0.39, 0.29) is 17.4 Å². The second-order valence-corrected chi connectivity index (χ2v) is 8.38. The molecule has 0 aromatic carbocycles. The van der Waals surface area contributed by atoms with Gasteiger partial charge in [-0.25, -0.2) is 8.42 Å². The van der Waals surface area contributed by atoms with E-state index in [9.17, 15) is 18.0 Å². The molecule has 20 heavy (non-hydrogen) atoms. The van der Waals surface area contributed by atoms with Gasteiger partial charge in [-0.15, -0.1) is 0 Å². The van der Waals surface area contributed by atoms with Gasteiger partial charge in [-0.1, -0.05) is 19.8 Å². The Kier molecular flexibility index (Phi) is 4.09. The molecule has 0 bridgehead atoms. The van der Waals surface area contributed by atoms with Crippen molar-refractivity contribution in [2.24, 2.45) is 5.41 Å². The number of amides is 1. The first-order valence-electron chi connectivity index (χ1n) is 6.97. The maximum atomic E-state index is 12.7. The first kappa shape index (κ1) is 15.3. The third-order valence-corrected chi connectivity index (χ3v) is 6.19. The van der Waals surface area contributed by atoms with E-state index in [2.05, 4.69) is 0 Å². The van der Waals surface area contributed by atoms with Crippen LogP contribution >= 0.6 is 0 Å². The highest BCUT2D eigenvalue weighted by Gasteiger charge is 2.44. The molecule has 1 atom stereocenters. The highest BCUT2D eigenvalue weighted by atomic mass is 32.2. The molecule has 1 amide bonds. The topological polar surface area (TPSA) is 91.8 Å². The Bertz CT molecular complexity index is 507. The quantitative estimate of drug-likeness (QED) is 0.824. The minimum Gasteiger partial charge on any atom is -0.480 e. The lowest BCUT2D eigenvalue weighted by Gasteiger charge is -2.34. The summed E-state index contributed by atoms with van der Waals surface area (Å²) < 4.78 is 23.1. The highest BCUT2D eigenvalue weighted by Crippen LogP contribution is 2.40. The van der Waals surface area contributed by atoms with Gasteiger partial charge in [-0.3, -0.25) is 9.59 Å². The van der Waals surface area contributed by atoms with Gasteiger partial charge in [0.2, 0.25) is 5.91 Å². The minimum absolute atomic E-state index is 0.0395. The second kappa shape index (κ2) is 5.35. The number of rotatable bonds is 4. The van der Waals surface area contributed by atoms with Gasteiger partial charge in [0.15, 0.2) is 9.84 Å². The lowest BCUT2D eigenvalue weighted by Crippen LogP contribution is -2.49. The molecule has 1 unspecified atom stereocenters. The number of hydrogen-bond acceptors (Lipinski definition) is 4. The van der Waals surface area contributed by atoms with Crippen LogP contribution in [0.3, 0.4) is 0 Å².